The normalized spacial score (nSPS) is 13.0. The Kier molecular flexibility index (Phi) is 13.7. The third-order valence-corrected chi connectivity index (χ3v) is 8.15. The molecule has 0 aliphatic carbocycles. The summed E-state index contributed by atoms with van der Waals surface area (Å²) in [6.45, 7) is 8.39. The molecule has 5 heteroatoms. The number of allylic oxidation sites excluding steroid dienone is 1. The summed E-state index contributed by atoms with van der Waals surface area (Å²) in [5, 5.41) is 0. The third kappa shape index (κ3) is 11.1. The number of amides is 1. The van der Waals surface area contributed by atoms with Crippen LogP contribution in [0.1, 0.15) is 96.1 Å². The van der Waals surface area contributed by atoms with Gasteiger partial charge in [-0.3, -0.25) is 4.79 Å². The number of thioether (sulfide) groups is 1. The summed E-state index contributed by atoms with van der Waals surface area (Å²) in [4.78, 5) is 18.0. The van der Waals surface area contributed by atoms with Crippen molar-refractivity contribution in [3.8, 4) is 5.75 Å². The molecular formula is C33H48N2O2S. The van der Waals surface area contributed by atoms with Crippen LogP contribution >= 0.6 is 11.8 Å². The summed E-state index contributed by atoms with van der Waals surface area (Å²) >= 11 is 1.87. The molecule has 4 nitrogen and oxygen atoms in total. The van der Waals surface area contributed by atoms with E-state index < -0.39 is 0 Å². The SMILES string of the molecule is CCCCCCCCCCCCOc1ccc(CCN(C(C)=O)c2cccc(CN3C=C(C)SC3)c2)cc1. The van der Waals surface area contributed by atoms with E-state index in [4.69, 9.17) is 4.74 Å². The fraction of sp³-hybridized carbons (Fsp3) is 0.545. The van der Waals surface area contributed by atoms with E-state index >= 15 is 0 Å². The van der Waals surface area contributed by atoms with Gasteiger partial charge in [-0.2, -0.15) is 0 Å². The van der Waals surface area contributed by atoms with Gasteiger partial charge in [0.15, 0.2) is 0 Å². The van der Waals surface area contributed by atoms with Crippen LogP contribution in [-0.4, -0.2) is 29.8 Å². The summed E-state index contributed by atoms with van der Waals surface area (Å²) in [5.74, 6) is 2.00. The Bertz CT molecular complexity index is 989. The van der Waals surface area contributed by atoms with Gasteiger partial charge in [-0.1, -0.05) is 89.0 Å². The van der Waals surface area contributed by atoms with Gasteiger partial charge in [-0.25, -0.2) is 0 Å². The summed E-state index contributed by atoms with van der Waals surface area (Å²) < 4.78 is 5.97. The lowest BCUT2D eigenvalue weighted by molar-refractivity contribution is -0.116. The van der Waals surface area contributed by atoms with Crippen LogP contribution in [0.25, 0.3) is 0 Å². The van der Waals surface area contributed by atoms with Crippen LogP contribution < -0.4 is 9.64 Å². The van der Waals surface area contributed by atoms with Gasteiger partial charge in [-0.05, 0) is 60.1 Å². The van der Waals surface area contributed by atoms with Crippen molar-refractivity contribution in [1.82, 2.24) is 4.90 Å². The van der Waals surface area contributed by atoms with Crippen LogP contribution in [0.4, 0.5) is 5.69 Å². The molecule has 2 aromatic carbocycles. The lowest BCUT2D eigenvalue weighted by Gasteiger charge is -2.23. The molecule has 2 aromatic rings. The number of anilines is 1. The van der Waals surface area contributed by atoms with E-state index in [0.29, 0.717) is 6.54 Å². The summed E-state index contributed by atoms with van der Waals surface area (Å²) in [6.07, 6.45) is 16.4. The molecule has 1 aliphatic heterocycles. The summed E-state index contributed by atoms with van der Waals surface area (Å²) in [6, 6.07) is 16.8. The van der Waals surface area contributed by atoms with Crippen LogP contribution in [0.2, 0.25) is 0 Å². The number of carbonyl (C=O) groups is 1. The maximum atomic E-state index is 12.5. The Labute approximate surface area is 235 Å². The molecular weight excluding hydrogens is 488 g/mol. The first-order chi connectivity index (χ1) is 18.5. The molecule has 0 N–H and O–H groups in total. The second kappa shape index (κ2) is 17.2. The molecule has 38 heavy (non-hydrogen) atoms. The zero-order chi connectivity index (χ0) is 27.0. The van der Waals surface area contributed by atoms with Crippen molar-refractivity contribution in [3.63, 3.8) is 0 Å². The quantitative estimate of drug-likeness (QED) is 0.178. The van der Waals surface area contributed by atoms with Crippen molar-refractivity contribution in [3.05, 3.63) is 70.8 Å². The van der Waals surface area contributed by atoms with E-state index in [0.717, 1.165) is 43.3 Å². The average molecular weight is 537 g/mol. The zero-order valence-corrected chi connectivity index (χ0v) is 24.7. The number of hydrogen-bond acceptors (Lipinski definition) is 4. The van der Waals surface area contributed by atoms with Gasteiger partial charge in [0, 0.05) is 31.9 Å². The predicted octanol–water partition coefficient (Wildman–Crippen LogP) is 8.95. The first-order valence-corrected chi connectivity index (χ1v) is 15.7. The van der Waals surface area contributed by atoms with Crippen molar-refractivity contribution in [2.24, 2.45) is 0 Å². The van der Waals surface area contributed by atoms with Crippen molar-refractivity contribution >= 4 is 23.4 Å². The van der Waals surface area contributed by atoms with Crippen LogP contribution in [0, 0.1) is 0 Å². The maximum Gasteiger partial charge on any atom is 0.223 e. The number of carbonyl (C=O) groups excluding carboxylic acids is 1. The molecule has 0 fully saturated rings. The van der Waals surface area contributed by atoms with E-state index in [2.05, 4.69) is 67.4 Å². The first-order valence-electron chi connectivity index (χ1n) is 14.7. The Morgan fingerprint density at radius 3 is 2.24 bits per heavy atom. The maximum absolute atomic E-state index is 12.5. The number of rotatable bonds is 18. The second-order valence-corrected chi connectivity index (χ2v) is 11.7. The Hall–Kier alpha value is -2.40. The van der Waals surface area contributed by atoms with Gasteiger partial charge >= 0.3 is 0 Å². The number of ether oxygens (including phenoxy) is 1. The zero-order valence-electron chi connectivity index (χ0n) is 23.9. The Balaban J connectivity index is 1.36. The predicted molar refractivity (Wildman–Crippen MR) is 164 cm³/mol. The largest absolute Gasteiger partial charge is 0.494 e. The fourth-order valence-electron chi connectivity index (χ4n) is 4.91. The summed E-state index contributed by atoms with van der Waals surface area (Å²) in [5.41, 5.74) is 3.41. The topological polar surface area (TPSA) is 32.8 Å². The van der Waals surface area contributed by atoms with Gasteiger partial charge in [0.05, 0.1) is 12.5 Å². The fourth-order valence-corrected chi connectivity index (χ4v) is 5.66. The van der Waals surface area contributed by atoms with E-state index in [-0.39, 0.29) is 5.91 Å². The lowest BCUT2D eigenvalue weighted by Crippen LogP contribution is -2.30. The highest BCUT2D eigenvalue weighted by atomic mass is 32.2. The minimum Gasteiger partial charge on any atom is -0.494 e. The molecule has 3 rings (SSSR count). The van der Waals surface area contributed by atoms with Gasteiger partial charge in [0.2, 0.25) is 5.91 Å². The molecule has 208 valence electrons. The highest BCUT2D eigenvalue weighted by Crippen LogP contribution is 2.27. The molecule has 1 aliphatic rings. The van der Waals surface area contributed by atoms with Gasteiger partial charge in [-0.15, -0.1) is 11.8 Å². The Morgan fingerprint density at radius 2 is 1.61 bits per heavy atom. The van der Waals surface area contributed by atoms with Gasteiger partial charge in [0.25, 0.3) is 0 Å². The molecule has 0 saturated heterocycles. The monoisotopic (exact) mass is 536 g/mol. The molecule has 1 amide bonds. The van der Waals surface area contributed by atoms with Crippen molar-refractivity contribution < 1.29 is 9.53 Å². The minimum atomic E-state index is 0.0751. The smallest absolute Gasteiger partial charge is 0.223 e. The molecule has 0 saturated carbocycles. The molecule has 1 heterocycles. The summed E-state index contributed by atoms with van der Waals surface area (Å²) in [7, 11) is 0. The van der Waals surface area contributed by atoms with Crippen LogP contribution in [0.15, 0.2) is 59.6 Å². The molecule has 0 spiro atoms. The number of hydrogen-bond donors (Lipinski definition) is 0. The van der Waals surface area contributed by atoms with Gasteiger partial charge in [0.1, 0.15) is 5.75 Å². The van der Waals surface area contributed by atoms with Crippen molar-refractivity contribution in [2.75, 3.05) is 23.9 Å². The van der Waals surface area contributed by atoms with Crippen molar-refractivity contribution in [1.29, 1.82) is 0 Å². The average Bonchev–Trinajstić information content (AvgIpc) is 3.32. The number of benzene rings is 2. The third-order valence-electron chi connectivity index (χ3n) is 7.12. The van der Waals surface area contributed by atoms with E-state index in [9.17, 15) is 4.79 Å². The standard InChI is InChI=1S/C33H48N2O2S/c1-4-5-6-7-8-9-10-11-12-13-23-37-33-19-17-30(18-20-33)21-22-35(29(3)36)32-16-14-15-31(24-32)26-34-25-28(2)38-27-34/h14-20,24-25H,4-13,21-23,26-27H2,1-3H3. The molecule has 0 bridgehead atoms. The van der Waals surface area contributed by atoms with Crippen LogP contribution in [0.5, 0.6) is 5.75 Å². The van der Waals surface area contributed by atoms with Crippen molar-refractivity contribution in [2.45, 2.75) is 97.9 Å². The number of unbranched alkanes of at least 4 members (excludes halogenated alkanes) is 9. The Morgan fingerprint density at radius 1 is 0.921 bits per heavy atom. The highest BCUT2D eigenvalue weighted by molar-refractivity contribution is 8.03. The van der Waals surface area contributed by atoms with Crippen LogP contribution in [0.3, 0.4) is 0 Å². The van der Waals surface area contributed by atoms with Gasteiger partial charge < -0.3 is 14.5 Å². The number of nitrogens with zero attached hydrogens (tertiary/aromatic N) is 2. The first kappa shape index (κ1) is 30.1. The second-order valence-electron chi connectivity index (χ2n) is 10.5. The van der Waals surface area contributed by atoms with E-state index in [1.807, 2.05) is 22.7 Å². The van der Waals surface area contributed by atoms with E-state index in [1.54, 1.807) is 6.92 Å². The molecule has 0 aromatic heterocycles. The lowest BCUT2D eigenvalue weighted by atomic mass is 10.1. The minimum absolute atomic E-state index is 0.0751. The highest BCUT2D eigenvalue weighted by Gasteiger charge is 2.14. The van der Waals surface area contributed by atoms with Crippen LogP contribution in [-0.2, 0) is 17.8 Å². The molecule has 0 radical (unpaired) electrons. The molecule has 0 atom stereocenters. The van der Waals surface area contributed by atoms with E-state index in [1.165, 1.54) is 73.8 Å². The molecule has 0 unspecified atom stereocenters.